The van der Waals surface area contributed by atoms with Crippen molar-refractivity contribution >= 4 is 17.2 Å². The Morgan fingerprint density at radius 3 is 3.39 bits per heavy atom. The first-order valence-corrected chi connectivity index (χ1v) is 7.62. The highest BCUT2D eigenvalue weighted by Gasteiger charge is 2.49. The van der Waals surface area contributed by atoms with E-state index in [1.807, 2.05) is 5.38 Å². The summed E-state index contributed by atoms with van der Waals surface area (Å²) < 4.78 is 0. The van der Waals surface area contributed by atoms with Gasteiger partial charge in [0.25, 0.3) is 0 Å². The molecule has 98 valence electrons. The molecule has 2 heterocycles. The van der Waals surface area contributed by atoms with Crippen LogP contribution in [-0.2, 0) is 11.3 Å². The van der Waals surface area contributed by atoms with Gasteiger partial charge in [-0.25, -0.2) is 4.98 Å². The van der Waals surface area contributed by atoms with Crippen LogP contribution >= 0.6 is 11.3 Å². The average Bonchev–Trinajstić information content (AvgIpc) is 3.05. The van der Waals surface area contributed by atoms with Crippen molar-refractivity contribution in [3.8, 4) is 0 Å². The minimum Gasteiger partial charge on any atom is -0.350 e. The topological polar surface area (TPSA) is 54.0 Å². The molecule has 1 aliphatic carbocycles. The molecule has 2 fully saturated rings. The van der Waals surface area contributed by atoms with E-state index in [4.69, 9.17) is 0 Å². The van der Waals surface area contributed by atoms with Gasteiger partial charge in [0.1, 0.15) is 0 Å². The van der Waals surface area contributed by atoms with Gasteiger partial charge in [0, 0.05) is 11.9 Å². The number of hydrogen-bond donors (Lipinski definition) is 2. The number of aromatic nitrogens is 1. The molecule has 1 aliphatic heterocycles. The lowest BCUT2D eigenvalue weighted by atomic mass is 9.67. The molecule has 18 heavy (non-hydrogen) atoms. The van der Waals surface area contributed by atoms with E-state index in [0.717, 1.165) is 25.2 Å². The Morgan fingerprint density at radius 2 is 2.56 bits per heavy atom. The Balaban J connectivity index is 1.66. The number of fused-ring (bicyclic) bond motifs is 1. The summed E-state index contributed by atoms with van der Waals surface area (Å²) in [6, 6.07) is 0. The minimum atomic E-state index is -0.145. The normalized spacial score (nSPS) is 31.0. The summed E-state index contributed by atoms with van der Waals surface area (Å²) >= 11 is 1.57. The number of carbonyl (C=O) groups excluding carboxylic acids is 1. The van der Waals surface area contributed by atoms with Crippen LogP contribution in [0.5, 0.6) is 0 Å². The monoisotopic (exact) mass is 265 g/mol. The number of nitrogens with one attached hydrogen (secondary N) is 2. The van der Waals surface area contributed by atoms with Crippen LogP contribution in [0, 0.1) is 11.3 Å². The van der Waals surface area contributed by atoms with Gasteiger partial charge in [0.15, 0.2) is 0 Å². The zero-order valence-corrected chi connectivity index (χ0v) is 11.3. The number of hydrogen-bond acceptors (Lipinski definition) is 4. The van der Waals surface area contributed by atoms with Crippen molar-refractivity contribution in [1.82, 2.24) is 15.6 Å². The van der Waals surface area contributed by atoms with E-state index in [1.165, 1.54) is 19.3 Å². The summed E-state index contributed by atoms with van der Waals surface area (Å²) in [6.07, 6.45) is 4.68. The van der Waals surface area contributed by atoms with Gasteiger partial charge in [-0.1, -0.05) is 12.8 Å². The van der Waals surface area contributed by atoms with Crippen LogP contribution in [0.4, 0.5) is 0 Å². The zero-order valence-electron chi connectivity index (χ0n) is 10.4. The van der Waals surface area contributed by atoms with Gasteiger partial charge in [-0.15, -0.1) is 11.3 Å². The molecule has 0 bridgehead atoms. The van der Waals surface area contributed by atoms with E-state index in [9.17, 15) is 4.79 Å². The second kappa shape index (κ2) is 4.97. The summed E-state index contributed by atoms with van der Waals surface area (Å²) in [5.41, 5.74) is 2.62. The van der Waals surface area contributed by atoms with Crippen LogP contribution in [0.1, 0.15) is 31.4 Å². The molecule has 2 aliphatic rings. The Bertz CT molecular complexity index is 420. The molecule has 0 aromatic carbocycles. The standard InChI is InChI=1S/C13H19N3OS/c17-12(15-6-11-7-18-9-16-11)13-4-2-1-3-10(13)5-14-8-13/h7,9-10,14H,1-6,8H2,(H,15,17)/t10-,13+/m0/s1. The van der Waals surface area contributed by atoms with Crippen molar-refractivity contribution < 1.29 is 4.79 Å². The lowest BCUT2D eigenvalue weighted by Gasteiger charge is -2.37. The van der Waals surface area contributed by atoms with Crippen LogP contribution in [0.25, 0.3) is 0 Å². The summed E-state index contributed by atoms with van der Waals surface area (Å²) in [5, 5.41) is 8.48. The van der Waals surface area contributed by atoms with Crippen molar-refractivity contribution in [1.29, 1.82) is 0 Å². The third kappa shape index (κ3) is 2.06. The first kappa shape index (κ1) is 12.1. The quantitative estimate of drug-likeness (QED) is 0.871. The summed E-state index contributed by atoms with van der Waals surface area (Å²) in [4.78, 5) is 16.7. The fourth-order valence-electron chi connectivity index (χ4n) is 3.36. The molecule has 0 unspecified atom stereocenters. The van der Waals surface area contributed by atoms with Gasteiger partial charge in [-0.3, -0.25) is 4.79 Å². The lowest BCUT2D eigenvalue weighted by Crippen LogP contribution is -2.47. The van der Waals surface area contributed by atoms with Crippen LogP contribution in [0.3, 0.4) is 0 Å². The van der Waals surface area contributed by atoms with E-state index >= 15 is 0 Å². The molecule has 3 rings (SSSR count). The molecule has 1 saturated carbocycles. The third-order valence-electron chi connectivity index (χ3n) is 4.40. The predicted molar refractivity (Wildman–Crippen MR) is 71.2 cm³/mol. The van der Waals surface area contributed by atoms with Crippen molar-refractivity contribution in [3.05, 3.63) is 16.6 Å². The Hall–Kier alpha value is -0.940. The number of thiazole rings is 1. The highest BCUT2D eigenvalue weighted by atomic mass is 32.1. The first-order chi connectivity index (χ1) is 8.81. The fraction of sp³-hybridized carbons (Fsp3) is 0.692. The van der Waals surface area contributed by atoms with Gasteiger partial charge in [-0.05, 0) is 25.3 Å². The molecule has 5 heteroatoms. The number of rotatable bonds is 3. The molecule has 1 aromatic rings. The molecule has 2 N–H and O–H groups in total. The third-order valence-corrected chi connectivity index (χ3v) is 5.04. The van der Waals surface area contributed by atoms with Crippen molar-refractivity contribution in [2.24, 2.45) is 11.3 Å². The Labute approximate surface area is 111 Å². The van der Waals surface area contributed by atoms with Gasteiger partial charge in [0.05, 0.1) is 23.2 Å². The van der Waals surface area contributed by atoms with E-state index in [2.05, 4.69) is 15.6 Å². The van der Waals surface area contributed by atoms with Crippen LogP contribution < -0.4 is 10.6 Å². The molecular weight excluding hydrogens is 246 g/mol. The second-order valence-electron chi connectivity index (χ2n) is 5.39. The fourth-order valence-corrected chi connectivity index (χ4v) is 3.92. The van der Waals surface area contributed by atoms with Crippen LogP contribution in [0.2, 0.25) is 0 Å². The zero-order chi connectivity index (χ0) is 12.4. The molecule has 4 nitrogen and oxygen atoms in total. The lowest BCUT2D eigenvalue weighted by molar-refractivity contribution is -0.134. The summed E-state index contributed by atoms with van der Waals surface area (Å²) in [6.45, 7) is 2.42. The average molecular weight is 265 g/mol. The summed E-state index contributed by atoms with van der Waals surface area (Å²) in [5.74, 6) is 0.756. The predicted octanol–water partition coefficient (Wildman–Crippen LogP) is 1.54. The van der Waals surface area contributed by atoms with Gasteiger partial charge < -0.3 is 10.6 Å². The Kier molecular flexibility index (Phi) is 3.35. The van der Waals surface area contributed by atoms with Crippen molar-refractivity contribution in [3.63, 3.8) is 0 Å². The maximum Gasteiger partial charge on any atom is 0.228 e. The SMILES string of the molecule is O=C(NCc1cscn1)[C@@]12CCCC[C@H]1CNC2. The molecule has 0 spiro atoms. The first-order valence-electron chi connectivity index (χ1n) is 6.67. The molecule has 0 radical (unpaired) electrons. The largest absolute Gasteiger partial charge is 0.350 e. The number of amides is 1. The van der Waals surface area contributed by atoms with Gasteiger partial charge in [-0.2, -0.15) is 0 Å². The number of carbonyl (C=O) groups is 1. The maximum absolute atomic E-state index is 12.5. The molecule has 1 aromatic heterocycles. The maximum atomic E-state index is 12.5. The highest BCUT2D eigenvalue weighted by molar-refractivity contribution is 7.07. The van der Waals surface area contributed by atoms with Crippen LogP contribution in [0.15, 0.2) is 10.9 Å². The van der Waals surface area contributed by atoms with Crippen molar-refractivity contribution in [2.45, 2.75) is 32.2 Å². The van der Waals surface area contributed by atoms with E-state index < -0.39 is 0 Å². The van der Waals surface area contributed by atoms with Crippen molar-refractivity contribution in [2.75, 3.05) is 13.1 Å². The van der Waals surface area contributed by atoms with Gasteiger partial charge in [0.2, 0.25) is 5.91 Å². The van der Waals surface area contributed by atoms with E-state index in [0.29, 0.717) is 12.5 Å². The molecule has 2 atom stereocenters. The van der Waals surface area contributed by atoms with Crippen LogP contribution in [-0.4, -0.2) is 24.0 Å². The minimum absolute atomic E-state index is 0.145. The van der Waals surface area contributed by atoms with E-state index in [1.54, 1.807) is 16.8 Å². The second-order valence-corrected chi connectivity index (χ2v) is 6.11. The number of nitrogens with zero attached hydrogens (tertiary/aromatic N) is 1. The molecule has 1 saturated heterocycles. The van der Waals surface area contributed by atoms with E-state index in [-0.39, 0.29) is 11.3 Å². The van der Waals surface area contributed by atoms with Gasteiger partial charge >= 0.3 is 0 Å². The highest BCUT2D eigenvalue weighted by Crippen LogP contribution is 2.43. The smallest absolute Gasteiger partial charge is 0.228 e. The molecule has 1 amide bonds. The summed E-state index contributed by atoms with van der Waals surface area (Å²) in [7, 11) is 0. The Morgan fingerprint density at radius 1 is 1.61 bits per heavy atom. The molecular formula is C13H19N3OS.